The zero-order valence-corrected chi connectivity index (χ0v) is 13.8. The molecule has 1 amide bonds. The Labute approximate surface area is 135 Å². The average molecular weight is 337 g/mol. The number of fused-ring (bicyclic) bond motifs is 1. The first kappa shape index (κ1) is 14.8. The highest BCUT2D eigenvalue weighted by molar-refractivity contribution is 7.91. The molecule has 0 radical (unpaired) electrons. The van der Waals surface area contributed by atoms with Crippen molar-refractivity contribution < 1.29 is 22.7 Å². The van der Waals surface area contributed by atoms with E-state index in [1.54, 1.807) is 7.11 Å². The molecule has 0 bridgehead atoms. The van der Waals surface area contributed by atoms with Crippen LogP contribution in [-0.2, 0) is 21.2 Å². The SMILES string of the molecule is COc1cccc2c1CC(C(=O)N1CCC3(CC3)S1(=O)=O)CO2. The monoisotopic (exact) mass is 337 g/mol. The van der Waals surface area contributed by atoms with Crippen molar-refractivity contribution in [1.82, 2.24) is 4.31 Å². The molecule has 0 N–H and O–H groups in total. The summed E-state index contributed by atoms with van der Waals surface area (Å²) in [5.41, 5.74) is 0.831. The largest absolute Gasteiger partial charge is 0.496 e. The maximum Gasteiger partial charge on any atom is 0.243 e. The van der Waals surface area contributed by atoms with E-state index in [2.05, 4.69) is 0 Å². The molecule has 1 atom stereocenters. The first-order valence-electron chi connectivity index (χ1n) is 7.83. The van der Waals surface area contributed by atoms with Crippen LogP contribution in [0.3, 0.4) is 0 Å². The number of carbonyl (C=O) groups is 1. The molecule has 124 valence electrons. The van der Waals surface area contributed by atoms with Gasteiger partial charge in [0.1, 0.15) is 18.1 Å². The Morgan fingerprint density at radius 3 is 2.78 bits per heavy atom. The number of nitrogens with zero attached hydrogens (tertiary/aromatic N) is 1. The Balaban J connectivity index is 1.59. The summed E-state index contributed by atoms with van der Waals surface area (Å²) in [6, 6.07) is 5.49. The fraction of sp³-hybridized carbons (Fsp3) is 0.562. The van der Waals surface area contributed by atoms with Crippen molar-refractivity contribution in [3.63, 3.8) is 0 Å². The van der Waals surface area contributed by atoms with Crippen molar-refractivity contribution in [3.05, 3.63) is 23.8 Å². The van der Waals surface area contributed by atoms with Gasteiger partial charge in [0.2, 0.25) is 15.9 Å². The Bertz CT molecular complexity index is 754. The highest BCUT2D eigenvalue weighted by Gasteiger charge is 2.62. The van der Waals surface area contributed by atoms with Gasteiger partial charge >= 0.3 is 0 Å². The molecule has 1 aromatic rings. The molecule has 2 fully saturated rings. The second-order valence-corrected chi connectivity index (χ2v) is 8.75. The molecule has 1 saturated carbocycles. The number of methoxy groups -OCH3 is 1. The van der Waals surface area contributed by atoms with E-state index in [1.165, 1.54) is 0 Å². The molecule has 23 heavy (non-hydrogen) atoms. The lowest BCUT2D eigenvalue weighted by atomic mass is 9.95. The number of amides is 1. The molecule has 4 rings (SSSR count). The fourth-order valence-corrected chi connectivity index (χ4v) is 5.75. The molecule has 1 unspecified atom stereocenters. The molecule has 2 aliphatic heterocycles. The van der Waals surface area contributed by atoms with Crippen molar-refractivity contribution in [2.24, 2.45) is 5.92 Å². The number of hydrogen-bond acceptors (Lipinski definition) is 5. The Hall–Kier alpha value is -1.76. The average Bonchev–Trinajstić information content (AvgIpc) is 3.30. The second-order valence-electron chi connectivity index (χ2n) is 6.50. The quantitative estimate of drug-likeness (QED) is 0.814. The number of rotatable bonds is 2. The predicted octanol–water partition coefficient (Wildman–Crippen LogP) is 1.34. The van der Waals surface area contributed by atoms with E-state index in [-0.39, 0.29) is 12.5 Å². The van der Waals surface area contributed by atoms with E-state index in [4.69, 9.17) is 9.47 Å². The molecule has 1 saturated heterocycles. The number of ether oxygens (including phenoxy) is 2. The number of benzene rings is 1. The zero-order valence-electron chi connectivity index (χ0n) is 12.9. The summed E-state index contributed by atoms with van der Waals surface area (Å²) in [5, 5.41) is 0. The minimum atomic E-state index is -3.50. The molecular formula is C16H19NO5S. The minimum Gasteiger partial charge on any atom is -0.496 e. The van der Waals surface area contributed by atoms with Crippen molar-refractivity contribution in [2.45, 2.75) is 30.4 Å². The fourth-order valence-electron chi connectivity index (χ4n) is 3.60. The molecule has 3 aliphatic rings. The van der Waals surface area contributed by atoms with Gasteiger partial charge in [-0.2, -0.15) is 0 Å². The van der Waals surface area contributed by atoms with Crippen LogP contribution in [0.1, 0.15) is 24.8 Å². The number of sulfonamides is 1. The topological polar surface area (TPSA) is 72.9 Å². The van der Waals surface area contributed by atoms with Gasteiger partial charge in [0.25, 0.3) is 0 Å². The lowest BCUT2D eigenvalue weighted by molar-refractivity contribution is -0.131. The maximum atomic E-state index is 12.8. The van der Waals surface area contributed by atoms with Crippen LogP contribution in [0.15, 0.2) is 18.2 Å². The first-order valence-corrected chi connectivity index (χ1v) is 9.27. The smallest absolute Gasteiger partial charge is 0.243 e. The van der Waals surface area contributed by atoms with Gasteiger partial charge in [0, 0.05) is 12.1 Å². The maximum absolute atomic E-state index is 12.8. The van der Waals surface area contributed by atoms with Gasteiger partial charge in [-0.25, -0.2) is 12.7 Å². The van der Waals surface area contributed by atoms with Crippen LogP contribution < -0.4 is 9.47 Å². The molecule has 1 aliphatic carbocycles. The molecule has 2 heterocycles. The molecule has 1 aromatic carbocycles. The number of hydrogen-bond donors (Lipinski definition) is 0. The van der Waals surface area contributed by atoms with Gasteiger partial charge in [0.05, 0.1) is 17.8 Å². The van der Waals surface area contributed by atoms with Gasteiger partial charge < -0.3 is 9.47 Å². The minimum absolute atomic E-state index is 0.206. The number of carbonyl (C=O) groups excluding carboxylic acids is 1. The van der Waals surface area contributed by atoms with Gasteiger partial charge in [-0.3, -0.25) is 4.79 Å². The third-order valence-corrected chi connectivity index (χ3v) is 7.86. The van der Waals surface area contributed by atoms with Gasteiger partial charge in [-0.05, 0) is 37.8 Å². The third kappa shape index (κ3) is 2.06. The molecule has 6 nitrogen and oxygen atoms in total. The summed E-state index contributed by atoms with van der Waals surface area (Å²) >= 11 is 0. The van der Waals surface area contributed by atoms with Crippen LogP contribution in [-0.4, -0.2) is 43.6 Å². The van der Waals surface area contributed by atoms with E-state index >= 15 is 0 Å². The van der Waals surface area contributed by atoms with Gasteiger partial charge in [-0.1, -0.05) is 6.07 Å². The summed E-state index contributed by atoms with van der Waals surface area (Å²) in [4.78, 5) is 12.8. The second kappa shape index (κ2) is 4.87. The highest BCUT2D eigenvalue weighted by atomic mass is 32.2. The standard InChI is InChI=1S/C16H19NO5S/c1-21-13-3-2-4-14-12(13)9-11(10-22-14)15(18)17-8-7-16(5-6-16)23(17,19)20/h2-4,11H,5-10H2,1H3. The lowest BCUT2D eigenvalue weighted by Crippen LogP contribution is -2.43. The predicted molar refractivity (Wildman–Crippen MR) is 82.9 cm³/mol. The summed E-state index contributed by atoms with van der Waals surface area (Å²) in [6.07, 6.45) is 2.36. The Kier molecular flexibility index (Phi) is 3.13. The van der Waals surface area contributed by atoms with Crippen molar-refractivity contribution in [2.75, 3.05) is 20.3 Å². The molecule has 1 spiro atoms. The molecule has 0 aromatic heterocycles. The van der Waals surface area contributed by atoms with E-state index < -0.39 is 20.7 Å². The summed E-state index contributed by atoms with van der Waals surface area (Å²) in [7, 11) is -1.93. The van der Waals surface area contributed by atoms with Gasteiger partial charge in [0.15, 0.2) is 0 Å². The van der Waals surface area contributed by atoms with Crippen molar-refractivity contribution in [3.8, 4) is 11.5 Å². The van der Waals surface area contributed by atoms with Crippen LogP contribution in [0.4, 0.5) is 0 Å². The zero-order chi connectivity index (χ0) is 16.2. The van der Waals surface area contributed by atoms with E-state index in [0.717, 1.165) is 9.87 Å². The van der Waals surface area contributed by atoms with E-state index in [0.29, 0.717) is 43.7 Å². The van der Waals surface area contributed by atoms with Gasteiger partial charge in [-0.15, -0.1) is 0 Å². The van der Waals surface area contributed by atoms with Crippen LogP contribution >= 0.6 is 0 Å². The Morgan fingerprint density at radius 2 is 2.13 bits per heavy atom. The normalized spacial score (nSPS) is 26.5. The lowest BCUT2D eigenvalue weighted by Gasteiger charge is -2.28. The summed E-state index contributed by atoms with van der Waals surface area (Å²) in [5.74, 6) is 0.548. The molecular weight excluding hydrogens is 318 g/mol. The van der Waals surface area contributed by atoms with Crippen LogP contribution in [0.2, 0.25) is 0 Å². The summed E-state index contributed by atoms with van der Waals surface area (Å²) in [6.45, 7) is 0.508. The third-order valence-electron chi connectivity index (χ3n) is 5.21. The van der Waals surface area contributed by atoms with Crippen molar-refractivity contribution >= 4 is 15.9 Å². The molecule has 7 heteroatoms. The van der Waals surface area contributed by atoms with Crippen LogP contribution in [0, 0.1) is 5.92 Å². The van der Waals surface area contributed by atoms with Crippen molar-refractivity contribution in [1.29, 1.82) is 0 Å². The van der Waals surface area contributed by atoms with E-state index in [9.17, 15) is 13.2 Å². The van der Waals surface area contributed by atoms with Crippen LogP contribution in [0.25, 0.3) is 0 Å². The first-order chi connectivity index (χ1) is 11.0. The van der Waals surface area contributed by atoms with Crippen LogP contribution in [0.5, 0.6) is 11.5 Å². The highest BCUT2D eigenvalue weighted by Crippen LogP contribution is 2.52. The summed E-state index contributed by atoms with van der Waals surface area (Å²) < 4.78 is 36.6. The Morgan fingerprint density at radius 1 is 1.35 bits per heavy atom. The van der Waals surface area contributed by atoms with E-state index in [1.807, 2.05) is 18.2 Å².